The fourth-order valence-electron chi connectivity index (χ4n) is 2.61. The van der Waals surface area contributed by atoms with Crippen LogP contribution in [-0.4, -0.2) is 50.8 Å². The number of nitrogens with one attached hydrogen (secondary N) is 3. The first kappa shape index (κ1) is 21.9. The summed E-state index contributed by atoms with van der Waals surface area (Å²) in [6, 6.07) is 12.0. The van der Waals surface area contributed by atoms with Crippen molar-refractivity contribution in [1.29, 1.82) is 0 Å². The average molecular weight is 400 g/mol. The van der Waals surface area contributed by atoms with Crippen LogP contribution in [-0.2, 0) is 6.54 Å². The highest BCUT2D eigenvalue weighted by molar-refractivity contribution is 5.96. The van der Waals surface area contributed by atoms with Gasteiger partial charge in [-0.1, -0.05) is 12.1 Å². The first-order valence-corrected chi connectivity index (χ1v) is 9.38. The Bertz CT molecular complexity index is 839. The van der Waals surface area contributed by atoms with Gasteiger partial charge in [-0.2, -0.15) is 0 Å². The lowest BCUT2D eigenvalue weighted by Gasteiger charge is -2.13. The number of nitrogens with zero attached hydrogens (tertiary/aromatic N) is 1. The van der Waals surface area contributed by atoms with Gasteiger partial charge in [0.2, 0.25) is 0 Å². The molecule has 0 aliphatic rings. The van der Waals surface area contributed by atoms with E-state index in [9.17, 15) is 9.90 Å². The van der Waals surface area contributed by atoms with Gasteiger partial charge in [-0.05, 0) is 31.2 Å². The number of guanidine groups is 1. The number of amides is 1. The second kappa shape index (κ2) is 11.4. The zero-order valence-corrected chi connectivity index (χ0v) is 17.0. The zero-order chi connectivity index (χ0) is 21.1. The van der Waals surface area contributed by atoms with Crippen molar-refractivity contribution in [2.75, 3.05) is 33.9 Å². The minimum atomic E-state index is -0.324. The molecular formula is C21H28N4O4. The van der Waals surface area contributed by atoms with Crippen molar-refractivity contribution in [3.63, 3.8) is 0 Å². The van der Waals surface area contributed by atoms with Crippen LogP contribution < -0.4 is 25.4 Å². The van der Waals surface area contributed by atoms with E-state index < -0.39 is 0 Å². The van der Waals surface area contributed by atoms with Crippen molar-refractivity contribution >= 4 is 11.9 Å². The summed E-state index contributed by atoms with van der Waals surface area (Å²) in [7, 11) is 3.22. The van der Waals surface area contributed by atoms with Crippen molar-refractivity contribution in [2.24, 2.45) is 4.99 Å². The molecule has 2 aromatic rings. The smallest absolute Gasteiger partial charge is 0.255 e. The predicted molar refractivity (Wildman–Crippen MR) is 113 cm³/mol. The summed E-state index contributed by atoms with van der Waals surface area (Å²) in [5, 5.41) is 18.8. The van der Waals surface area contributed by atoms with E-state index in [-0.39, 0.29) is 17.2 Å². The lowest BCUT2D eigenvalue weighted by Crippen LogP contribution is -2.41. The van der Waals surface area contributed by atoms with Crippen LogP contribution in [0.3, 0.4) is 0 Å². The molecule has 2 rings (SSSR count). The number of hydrogen-bond donors (Lipinski definition) is 4. The van der Waals surface area contributed by atoms with E-state index in [1.807, 2.05) is 25.1 Å². The molecule has 8 nitrogen and oxygen atoms in total. The van der Waals surface area contributed by atoms with Crippen LogP contribution in [0.5, 0.6) is 17.2 Å². The van der Waals surface area contributed by atoms with E-state index in [0.717, 1.165) is 11.3 Å². The quantitative estimate of drug-likeness (QED) is 0.291. The van der Waals surface area contributed by atoms with Crippen molar-refractivity contribution in [3.05, 3.63) is 53.6 Å². The molecule has 0 radical (unpaired) electrons. The maximum absolute atomic E-state index is 12.1. The second-order valence-electron chi connectivity index (χ2n) is 6.07. The van der Waals surface area contributed by atoms with Crippen LogP contribution in [0.2, 0.25) is 0 Å². The zero-order valence-electron chi connectivity index (χ0n) is 17.0. The Morgan fingerprint density at radius 1 is 1.03 bits per heavy atom. The minimum absolute atomic E-state index is 0.0405. The first-order valence-electron chi connectivity index (χ1n) is 9.38. The molecule has 0 unspecified atom stereocenters. The monoisotopic (exact) mass is 400 g/mol. The maximum atomic E-state index is 12.1. The molecule has 0 saturated heterocycles. The summed E-state index contributed by atoms with van der Waals surface area (Å²) in [4.78, 5) is 16.7. The SMILES string of the molecule is CCNC(=NCc1ccc(OC)cc1OC)NCCNC(=O)c1ccccc1O. The van der Waals surface area contributed by atoms with Crippen LogP contribution in [0.1, 0.15) is 22.8 Å². The van der Waals surface area contributed by atoms with E-state index in [1.165, 1.54) is 6.07 Å². The van der Waals surface area contributed by atoms with Gasteiger partial charge in [0.1, 0.15) is 17.2 Å². The van der Waals surface area contributed by atoms with Gasteiger partial charge >= 0.3 is 0 Å². The van der Waals surface area contributed by atoms with Crippen molar-refractivity contribution in [1.82, 2.24) is 16.0 Å². The molecule has 156 valence electrons. The summed E-state index contributed by atoms with van der Waals surface area (Å²) in [6.07, 6.45) is 0. The maximum Gasteiger partial charge on any atom is 0.255 e. The Labute approximate surface area is 171 Å². The van der Waals surface area contributed by atoms with Crippen LogP contribution in [0, 0.1) is 0 Å². The molecule has 0 fully saturated rings. The number of ether oxygens (including phenoxy) is 2. The lowest BCUT2D eigenvalue weighted by molar-refractivity contribution is 0.0951. The Morgan fingerprint density at radius 3 is 2.48 bits per heavy atom. The van der Waals surface area contributed by atoms with Crippen molar-refractivity contribution < 1.29 is 19.4 Å². The van der Waals surface area contributed by atoms with Gasteiger partial charge in [-0.3, -0.25) is 4.79 Å². The molecule has 0 saturated carbocycles. The molecule has 0 aliphatic heterocycles. The highest BCUT2D eigenvalue weighted by Crippen LogP contribution is 2.25. The van der Waals surface area contributed by atoms with E-state index in [0.29, 0.717) is 37.9 Å². The summed E-state index contributed by atoms with van der Waals surface area (Å²) in [5.41, 5.74) is 1.18. The lowest BCUT2D eigenvalue weighted by atomic mass is 10.2. The standard InChI is InChI=1S/C21H28N4O4/c1-4-22-21(25-14-15-9-10-16(28-2)13-19(15)29-3)24-12-11-23-20(27)17-7-5-6-8-18(17)26/h5-10,13,26H,4,11-12,14H2,1-3H3,(H,23,27)(H2,22,24,25). The number of benzene rings is 2. The number of rotatable bonds is 9. The second-order valence-corrected chi connectivity index (χ2v) is 6.07. The minimum Gasteiger partial charge on any atom is -0.507 e. The molecule has 0 aromatic heterocycles. The molecule has 0 aliphatic carbocycles. The summed E-state index contributed by atoms with van der Waals surface area (Å²) >= 11 is 0. The largest absolute Gasteiger partial charge is 0.507 e. The number of carbonyl (C=O) groups is 1. The van der Waals surface area contributed by atoms with Crippen molar-refractivity contribution in [3.8, 4) is 17.2 Å². The first-order chi connectivity index (χ1) is 14.1. The van der Waals surface area contributed by atoms with E-state index in [4.69, 9.17) is 9.47 Å². The molecule has 29 heavy (non-hydrogen) atoms. The highest BCUT2D eigenvalue weighted by Gasteiger charge is 2.09. The number of hydrogen-bond acceptors (Lipinski definition) is 5. The normalized spacial score (nSPS) is 10.9. The number of carbonyl (C=O) groups excluding carboxylic acids is 1. The highest BCUT2D eigenvalue weighted by atomic mass is 16.5. The van der Waals surface area contributed by atoms with Gasteiger partial charge in [-0.15, -0.1) is 0 Å². The third kappa shape index (κ3) is 6.60. The molecule has 2 aromatic carbocycles. The van der Waals surface area contributed by atoms with Crippen LogP contribution >= 0.6 is 0 Å². The van der Waals surface area contributed by atoms with Gasteiger partial charge in [0, 0.05) is 31.3 Å². The van der Waals surface area contributed by atoms with Gasteiger partial charge in [0.25, 0.3) is 5.91 Å². The van der Waals surface area contributed by atoms with Crippen LogP contribution in [0.4, 0.5) is 0 Å². The predicted octanol–water partition coefficient (Wildman–Crippen LogP) is 1.89. The number of methoxy groups -OCH3 is 2. The van der Waals surface area contributed by atoms with Crippen LogP contribution in [0.15, 0.2) is 47.5 Å². The molecule has 0 atom stereocenters. The Balaban J connectivity index is 1.89. The Kier molecular flexibility index (Phi) is 8.62. The number of phenols is 1. The fraction of sp³-hybridized carbons (Fsp3) is 0.333. The van der Waals surface area contributed by atoms with E-state index >= 15 is 0 Å². The summed E-state index contributed by atoms with van der Waals surface area (Å²) in [6.45, 7) is 3.96. The van der Waals surface area contributed by atoms with Gasteiger partial charge in [-0.25, -0.2) is 4.99 Å². The van der Waals surface area contributed by atoms with Crippen LogP contribution in [0.25, 0.3) is 0 Å². The number of phenolic OH excluding ortho intramolecular Hbond substituents is 1. The fourth-order valence-corrected chi connectivity index (χ4v) is 2.61. The Morgan fingerprint density at radius 2 is 1.79 bits per heavy atom. The van der Waals surface area contributed by atoms with E-state index in [1.54, 1.807) is 32.4 Å². The third-order valence-corrected chi connectivity index (χ3v) is 4.10. The molecule has 1 amide bonds. The summed E-state index contributed by atoms with van der Waals surface area (Å²) < 4.78 is 10.6. The molecule has 0 bridgehead atoms. The molecule has 4 N–H and O–H groups in total. The topological polar surface area (TPSA) is 104 Å². The van der Waals surface area contributed by atoms with Gasteiger partial charge < -0.3 is 30.5 Å². The number of aromatic hydroxyl groups is 1. The third-order valence-electron chi connectivity index (χ3n) is 4.10. The summed E-state index contributed by atoms with van der Waals surface area (Å²) in [5.74, 6) is 1.69. The van der Waals surface area contributed by atoms with E-state index in [2.05, 4.69) is 20.9 Å². The molecule has 8 heteroatoms. The number of aliphatic imine (C=N–C) groups is 1. The average Bonchev–Trinajstić information content (AvgIpc) is 2.74. The van der Waals surface area contributed by atoms with Gasteiger partial charge in [0.15, 0.2) is 5.96 Å². The molecular weight excluding hydrogens is 372 g/mol. The Hall–Kier alpha value is -3.42. The number of para-hydroxylation sites is 1. The van der Waals surface area contributed by atoms with Crippen molar-refractivity contribution in [2.45, 2.75) is 13.5 Å². The molecule has 0 heterocycles. The van der Waals surface area contributed by atoms with Gasteiger partial charge in [0.05, 0.1) is 26.3 Å². The molecule has 0 spiro atoms.